The van der Waals surface area contributed by atoms with Gasteiger partial charge in [0.1, 0.15) is 5.76 Å². The number of carbonyl (C=O) groups is 1. The van der Waals surface area contributed by atoms with Crippen molar-refractivity contribution in [2.45, 2.75) is 30.7 Å². The average Bonchev–Trinajstić information content (AvgIpc) is 3.42. The number of carbonyl (C=O) groups excluding carboxylic acids is 1. The van der Waals surface area contributed by atoms with E-state index in [9.17, 15) is 13.2 Å². The maximum absolute atomic E-state index is 12.4. The lowest BCUT2D eigenvalue weighted by Crippen LogP contribution is -2.22. The van der Waals surface area contributed by atoms with Crippen LogP contribution in [0.1, 0.15) is 28.9 Å². The third-order valence-corrected chi connectivity index (χ3v) is 6.42. The fraction of sp³-hybridized carbons (Fsp3) is 0.174. The van der Waals surface area contributed by atoms with Gasteiger partial charge in [-0.1, -0.05) is 18.2 Å². The highest BCUT2D eigenvalue weighted by Gasteiger charge is 2.14. The van der Waals surface area contributed by atoms with Crippen LogP contribution in [0.3, 0.4) is 0 Å². The molecule has 1 amide bonds. The number of anilines is 1. The van der Waals surface area contributed by atoms with Gasteiger partial charge in [0.05, 0.1) is 17.7 Å². The minimum Gasteiger partial charge on any atom is -0.468 e. The summed E-state index contributed by atoms with van der Waals surface area (Å²) < 4.78 is 32.3. The van der Waals surface area contributed by atoms with Crippen LogP contribution in [0.25, 0.3) is 6.08 Å². The monoisotopic (exact) mass is 422 g/mol. The van der Waals surface area contributed by atoms with E-state index in [1.54, 1.807) is 30.3 Å². The molecule has 2 aromatic carbocycles. The molecule has 1 heterocycles. The molecule has 4 rings (SSSR count). The number of benzene rings is 2. The summed E-state index contributed by atoms with van der Waals surface area (Å²) >= 11 is 0. The molecular formula is C23H22N2O4S. The Labute approximate surface area is 175 Å². The maximum Gasteiger partial charge on any atom is 0.248 e. The molecule has 1 aromatic heterocycles. The molecule has 0 spiro atoms. The molecule has 0 radical (unpaired) electrons. The minimum absolute atomic E-state index is 0.0832. The van der Waals surface area contributed by atoms with E-state index in [1.807, 2.05) is 12.1 Å². The van der Waals surface area contributed by atoms with Crippen LogP contribution in [0.2, 0.25) is 0 Å². The predicted octanol–water partition coefficient (Wildman–Crippen LogP) is 3.90. The molecule has 0 saturated carbocycles. The summed E-state index contributed by atoms with van der Waals surface area (Å²) in [6.07, 6.45) is 7.90. The molecule has 0 bridgehead atoms. The summed E-state index contributed by atoms with van der Waals surface area (Å²) in [4.78, 5) is 12.3. The van der Waals surface area contributed by atoms with Crippen LogP contribution >= 0.6 is 0 Å². The summed E-state index contributed by atoms with van der Waals surface area (Å²) in [5.41, 5.74) is 4.17. The lowest BCUT2D eigenvalue weighted by Gasteiger charge is -2.06. The number of aryl methyl sites for hydroxylation is 2. The minimum atomic E-state index is -3.64. The van der Waals surface area contributed by atoms with Gasteiger partial charge < -0.3 is 9.73 Å². The van der Waals surface area contributed by atoms with Gasteiger partial charge in [-0.2, -0.15) is 0 Å². The summed E-state index contributed by atoms with van der Waals surface area (Å²) in [6.45, 7) is 0.0832. The fourth-order valence-corrected chi connectivity index (χ4v) is 4.42. The molecule has 2 N–H and O–H groups in total. The molecule has 154 valence electrons. The van der Waals surface area contributed by atoms with Crippen molar-refractivity contribution >= 4 is 27.7 Å². The lowest BCUT2D eigenvalue weighted by atomic mass is 10.1. The van der Waals surface area contributed by atoms with Gasteiger partial charge in [-0.05, 0) is 78.4 Å². The van der Waals surface area contributed by atoms with E-state index in [0.717, 1.165) is 30.5 Å². The summed E-state index contributed by atoms with van der Waals surface area (Å²) in [5, 5.41) is 2.87. The molecule has 1 aliphatic carbocycles. The standard InChI is InChI=1S/C23H22N2O4S/c26-23(25-20-10-9-18-3-1-4-19(18)15-20)13-8-17-6-11-22(12-7-17)30(27,28)24-16-21-5-2-14-29-21/h2,5-15,24H,1,3-4,16H2,(H,25,26)/b13-8+. The Morgan fingerprint density at radius 1 is 1.03 bits per heavy atom. The zero-order valence-corrected chi connectivity index (χ0v) is 17.1. The molecule has 0 aliphatic heterocycles. The first-order valence-corrected chi connectivity index (χ1v) is 11.2. The zero-order chi connectivity index (χ0) is 21.0. The molecule has 0 saturated heterocycles. The highest BCUT2D eigenvalue weighted by atomic mass is 32.2. The van der Waals surface area contributed by atoms with Gasteiger partial charge in [-0.3, -0.25) is 4.79 Å². The first-order valence-electron chi connectivity index (χ1n) is 9.73. The van der Waals surface area contributed by atoms with Crippen molar-refractivity contribution in [3.63, 3.8) is 0 Å². The summed E-state index contributed by atoms with van der Waals surface area (Å²) in [5.74, 6) is 0.303. The second-order valence-corrected chi connectivity index (χ2v) is 8.90. The third-order valence-electron chi connectivity index (χ3n) is 5.00. The quantitative estimate of drug-likeness (QED) is 0.565. The Balaban J connectivity index is 1.35. The van der Waals surface area contributed by atoms with Crippen molar-refractivity contribution in [2.75, 3.05) is 5.32 Å². The second-order valence-electron chi connectivity index (χ2n) is 7.13. The molecular weight excluding hydrogens is 400 g/mol. The number of rotatable bonds is 7. The molecule has 6 nitrogen and oxygen atoms in total. The Morgan fingerprint density at radius 2 is 1.83 bits per heavy atom. The van der Waals surface area contributed by atoms with E-state index < -0.39 is 10.0 Å². The number of fused-ring (bicyclic) bond motifs is 1. The molecule has 0 fully saturated rings. The molecule has 7 heteroatoms. The number of hydrogen-bond acceptors (Lipinski definition) is 4. The van der Waals surface area contributed by atoms with Gasteiger partial charge in [0.15, 0.2) is 0 Å². The van der Waals surface area contributed by atoms with Crippen LogP contribution in [0.5, 0.6) is 0 Å². The first kappa shape index (κ1) is 20.1. The molecule has 0 unspecified atom stereocenters. The van der Waals surface area contributed by atoms with Gasteiger partial charge >= 0.3 is 0 Å². The summed E-state index contributed by atoms with van der Waals surface area (Å²) in [6, 6.07) is 15.7. The van der Waals surface area contributed by atoms with E-state index in [2.05, 4.69) is 16.1 Å². The molecule has 3 aromatic rings. The average molecular weight is 423 g/mol. The predicted molar refractivity (Wildman–Crippen MR) is 115 cm³/mol. The smallest absolute Gasteiger partial charge is 0.248 e. The Morgan fingerprint density at radius 3 is 2.60 bits per heavy atom. The number of furan rings is 1. The Bertz CT molecular complexity index is 1160. The number of sulfonamides is 1. The van der Waals surface area contributed by atoms with E-state index in [-0.39, 0.29) is 17.3 Å². The van der Waals surface area contributed by atoms with Crippen LogP contribution in [0.15, 0.2) is 76.2 Å². The van der Waals surface area contributed by atoms with Crippen LogP contribution in [-0.4, -0.2) is 14.3 Å². The van der Waals surface area contributed by atoms with Crippen LogP contribution in [-0.2, 0) is 34.2 Å². The fourth-order valence-electron chi connectivity index (χ4n) is 3.43. The molecule has 0 atom stereocenters. The van der Waals surface area contributed by atoms with Crippen molar-refractivity contribution < 1.29 is 17.6 Å². The van der Waals surface area contributed by atoms with E-state index in [1.165, 1.54) is 35.6 Å². The lowest BCUT2D eigenvalue weighted by molar-refractivity contribution is -0.111. The van der Waals surface area contributed by atoms with Gasteiger partial charge in [0.25, 0.3) is 0 Å². The second kappa shape index (κ2) is 8.69. The van der Waals surface area contributed by atoms with Gasteiger partial charge in [0.2, 0.25) is 15.9 Å². The van der Waals surface area contributed by atoms with Crippen molar-refractivity contribution in [1.29, 1.82) is 0 Å². The van der Waals surface area contributed by atoms with Crippen LogP contribution in [0.4, 0.5) is 5.69 Å². The highest BCUT2D eigenvalue weighted by molar-refractivity contribution is 7.89. The number of amides is 1. The first-order chi connectivity index (χ1) is 14.5. The molecule has 30 heavy (non-hydrogen) atoms. The zero-order valence-electron chi connectivity index (χ0n) is 16.3. The Kier molecular flexibility index (Phi) is 5.83. The normalized spacial score (nSPS) is 13.5. The molecule has 1 aliphatic rings. The van der Waals surface area contributed by atoms with Crippen molar-refractivity contribution in [3.8, 4) is 0 Å². The van der Waals surface area contributed by atoms with Crippen molar-refractivity contribution in [1.82, 2.24) is 4.72 Å². The number of nitrogens with one attached hydrogen (secondary N) is 2. The van der Waals surface area contributed by atoms with E-state index >= 15 is 0 Å². The summed E-state index contributed by atoms with van der Waals surface area (Å²) in [7, 11) is -3.64. The van der Waals surface area contributed by atoms with E-state index in [0.29, 0.717) is 5.76 Å². The van der Waals surface area contributed by atoms with Crippen molar-refractivity contribution in [3.05, 3.63) is 89.4 Å². The third kappa shape index (κ3) is 4.87. The van der Waals surface area contributed by atoms with Gasteiger partial charge in [0, 0.05) is 11.8 Å². The van der Waals surface area contributed by atoms with Gasteiger partial charge in [-0.15, -0.1) is 0 Å². The van der Waals surface area contributed by atoms with Crippen molar-refractivity contribution in [2.24, 2.45) is 0 Å². The van der Waals surface area contributed by atoms with Crippen LogP contribution in [0, 0.1) is 0 Å². The number of hydrogen-bond donors (Lipinski definition) is 2. The maximum atomic E-state index is 12.4. The largest absolute Gasteiger partial charge is 0.468 e. The van der Waals surface area contributed by atoms with E-state index in [4.69, 9.17) is 4.42 Å². The topological polar surface area (TPSA) is 88.4 Å². The Hall–Kier alpha value is -3.16. The highest BCUT2D eigenvalue weighted by Crippen LogP contribution is 2.24. The van der Waals surface area contributed by atoms with Crippen LogP contribution < -0.4 is 10.0 Å². The SMILES string of the molecule is O=C(/C=C/c1ccc(S(=O)(=O)NCc2ccco2)cc1)Nc1ccc2c(c1)CCC2. The van der Waals surface area contributed by atoms with Gasteiger partial charge in [-0.25, -0.2) is 13.1 Å².